The highest BCUT2D eigenvalue weighted by Gasteiger charge is 2.29. The van der Waals surface area contributed by atoms with E-state index in [2.05, 4.69) is 5.32 Å². The van der Waals surface area contributed by atoms with E-state index in [-0.39, 0.29) is 12.1 Å². The third-order valence-corrected chi connectivity index (χ3v) is 3.37. The van der Waals surface area contributed by atoms with E-state index in [0.29, 0.717) is 10.6 Å². The zero-order valence-electron chi connectivity index (χ0n) is 12.8. The largest absolute Gasteiger partial charge is 0.455 e. The van der Waals surface area contributed by atoms with E-state index in [1.807, 2.05) is 0 Å². The molecule has 2 aromatic rings. The number of hydrogen-bond donors (Lipinski definition) is 1. The van der Waals surface area contributed by atoms with Crippen LogP contribution in [-0.2, 0) is 26.9 Å². The molecule has 0 aliphatic heterocycles. The first kappa shape index (κ1) is 18.8. The third kappa shape index (κ3) is 6.11. The Labute approximate surface area is 146 Å². The van der Waals surface area contributed by atoms with E-state index in [4.69, 9.17) is 16.3 Å². The van der Waals surface area contributed by atoms with Gasteiger partial charge in [-0.1, -0.05) is 23.7 Å². The van der Waals surface area contributed by atoms with Gasteiger partial charge in [0.2, 0.25) is 0 Å². The number of nitrogens with one attached hydrogen (secondary N) is 1. The van der Waals surface area contributed by atoms with Crippen LogP contribution in [0.3, 0.4) is 0 Å². The van der Waals surface area contributed by atoms with Crippen molar-refractivity contribution in [2.24, 2.45) is 0 Å². The molecule has 0 aliphatic carbocycles. The molecule has 4 nitrogen and oxygen atoms in total. The van der Waals surface area contributed by atoms with Gasteiger partial charge in [0, 0.05) is 10.7 Å². The smallest absolute Gasteiger partial charge is 0.416 e. The van der Waals surface area contributed by atoms with E-state index in [1.165, 1.54) is 0 Å². The van der Waals surface area contributed by atoms with Crippen molar-refractivity contribution in [1.82, 2.24) is 0 Å². The van der Waals surface area contributed by atoms with Gasteiger partial charge in [-0.3, -0.25) is 9.59 Å². The van der Waals surface area contributed by atoms with E-state index >= 15 is 0 Å². The van der Waals surface area contributed by atoms with Crippen molar-refractivity contribution in [3.05, 3.63) is 64.7 Å². The van der Waals surface area contributed by atoms with Gasteiger partial charge in [0.15, 0.2) is 6.61 Å². The van der Waals surface area contributed by atoms with Gasteiger partial charge in [-0.05, 0) is 42.0 Å². The fourth-order valence-electron chi connectivity index (χ4n) is 1.91. The molecule has 1 amide bonds. The Bertz CT molecular complexity index is 743. The quantitative estimate of drug-likeness (QED) is 0.806. The maximum atomic E-state index is 12.4. The molecule has 25 heavy (non-hydrogen) atoms. The summed E-state index contributed by atoms with van der Waals surface area (Å²) in [6.45, 7) is -0.534. The van der Waals surface area contributed by atoms with Gasteiger partial charge in [0.25, 0.3) is 5.91 Å². The maximum Gasteiger partial charge on any atom is 0.416 e. The SMILES string of the molecule is O=C(COC(=O)Cc1ccc(Cl)cc1)Nc1ccc(C(F)(F)F)cc1. The molecule has 0 radical (unpaired) electrons. The Balaban J connectivity index is 1.80. The van der Waals surface area contributed by atoms with E-state index in [1.54, 1.807) is 24.3 Å². The summed E-state index contributed by atoms with van der Waals surface area (Å²) >= 11 is 5.73. The second-order valence-electron chi connectivity index (χ2n) is 5.09. The normalized spacial score (nSPS) is 11.0. The van der Waals surface area contributed by atoms with Gasteiger partial charge in [-0.15, -0.1) is 0 Å². The Kier molecular flexibility index (Phi) is 6.03. The van der Waals surface area contributed by atoms with Crippen LogP contribution in [0.5, 0.6) is 0 Å². The zero-order chi connectivity index (χ0) is 18.4. The van der Waals surface area contributed by atoms with Gasteiger partial charge in [-0.2, -0.15) is 13.2 Å². The summed E-state index contributed by atoms with van der Waals surface area (Å²) in [4.78, 5) is 23.3. The minimum absolute atomic E-state index is 0.0231. The Morgan fingerprint density at radius 2 is 1.60 bits per heavy atom. The predicted molar refractivity (Wildman–Crippen MR) is 86.2 cm³/mol. The van der Waals surface area contributed by atoms with Crippen LogP contribution in [0.15, 0.2) is 48.5 Å². The van der Waals surface area contributed by atoms with Gasteiger partial charge in [0.1, 0.15) is 0 Å². The van der Waals surface area contributed by atoms with E-state index in [9.17, 15) is 22.8 Å². The lowest BCUT2D eigenvalue weighted by Crippen LogP contribution is -2.21. The fourth-order valence-corrected chi connectivity index (χ4v) is 2.03. The summed E-state index contributed by atoms with van der Waals surface area (Å²) in [5.74, 6) is -1.26. The summed E-state index contributed by atoms with van der Waals surface area (Å²) in [5.41, 5.74) is 0.0317. The molecular formula is C17H13ClF3NO3. The Morgan fingerprint density at radius 3 is 2.16 bits per heavy atom. The van der Waals surface area contributed by atoms with Crippen LogP contribution in [0.25, 0.3) is 0 Å². The lowest BCUT2D eigenvalue weighted by Gasteiger charge is -2.09. The second-order valence-corrected chi connectivity index (χ2v) is 5.52. The lowest BCUT2D eigenvalue weighted by molar-refractivity contribution is -0.146. The zero-order valence-corrected chi connectivity index (χ0v) is 13.5. The van der Waals surface area contributed by atoms with Crippen LogP contribution in [-0.4, -0.2) is 18.5 Å². The second kappa shape index (κ2) is 8.02. The van der Waals surface area contributed by atoms with Crippen molar-refractivity contribution in [1.29, 1.82) is 0 Å². The van der Waals surface area contributed by atoms with Gasteiger partial charge in [0.05, 0.1) is 12.0 Å². The maximum absolute atomic E-state index is 12.4. The molecule has 2 rings (SSSR count). The minimum atomic E-state index is -4.44. The monoisotopic (exact) mass is 371 g/mol. The molecule has 0 aromatic heterocycles. The molecule has 8 heteroatoms. The molecule has 0 fully saturated rings. The molecule has 0 aliphatic rings. The molecule has 132 valence electrons. The first-order valence-electron chi connectivity index (χ1n) is 7.11. The first-order chi connectivity index (χ1) is 11.7. The molecule has 1 N–H and O–H groups in total. The summed E-state index contributed by atoms with van der Waals surface area (Å²) in [5, 5.41) is 2.88. The summed E-state index contributed by atoms with van der Waals surface area (Å²) in [7, 11) is 0. The van der Waals surface area contributed by atoms with E-state index in [0.717, 1.165) is 24.3 Å². The molecule has 0 bridgehead atoms. The number of amides is 1. The minimum Gasteiger partial charge on any atom is -0.455 e. The molecular weight excluding hydrogens is 359 g/mol. The number of carbonyl (C=O) groups is 2. The Hall–Kier alpha value is -2.54. The number of ether oxygens (including phenoxy) is 1. The fraction of sp³-hybridized carbons (Fsp3) is 0.176. The Morgan fingerprint density at radius 1 is 1.00 bits per heavy atom. The van der Waals surface area contributed by atoms with Crippen molar-refractivity contribution in [3.8, 4) is 0 Å². The average molecular weight is 372 g/mol. The van der Waals surface area contributed by atoms with Gasteiger partial charge < -0.3 is 10.1 Å². The number of alkyl halides is 3. The van der Waals surface area contributed by atoms with Crippen LogP contribution in [0.1, 0.15) is 11.1 Å². The molecule has 0 spiro atoms. The molecule has 0 atom stereocenters. The summed E-state index contributed by atoms with van der Waals surface area (Å²) in [6.07, 6.45) is -4.47. The van der Waals surface area contributed by atoms with Crippen LogP contribution >= 0.6 is 11.6 Å². The van der Waals surface area contributed by atoms with Crippen molar-refractivity contribution in [3.63, 3.8) is 0 Å². The highest BCUT2D eigenvalue weighted by Crippen LogP contribution is 2.29. The number of rotatable bonds is 5. The van der Waals surface area contributed by atoms with Crippen LogP contribution in [0.4, 0.5) is 18.9 Å². The number of hydrogen-bond acceptors (Lipinski definition) is 3. The molecule has 0 heterocycles. The first-order valence-corrected chi connectivity index (χ1v) is 7.49. The van der Waals surface area contributed by atoms with Crippen molar-refractivity contribution in [2.75, 3.05) is 11.9 Å². The van der Waals surface area contributed by atoms with Crippen LogP contribution in [0, 0.1) is 0 Å². The number of carbonyl (C=O) groups excluding carboxylic acids is 2. The molecule has 0 saturated heterocycles. The van der Waals surface area contributed by atoms with Crippen molar-refractivity contribution < 1.29 is 27.5 Å². The number of esters is 1. The number of benzene rings is 2. The van der Waals surface area contributed by atoms with Crippen LogP contribution in [0.2, 0.25) is 5.02 Å². The summed E-state index contributed by atoms with van der Waals surface area (Å²) < 4.78 is 42.1. The highest BCUT2D eigenvalue weighted by molar-refractivity contribution is 6.30. The van der Waals surface area contributed by atoms with Gasteiger partial charge >= 0.3 is 12.1 Å². The summed E-state index contributed by atoms with van der Waals surface area (Å²) in [6, 6.07) is 10.5. The van der Waals surface area contributed by atoms with Crippen molar-refractivity contribution >= 4 is 29.2 Å². The number of anilines is 1. The standard InChI is InChI=1S/C17H13ClF3NO3/c18-13-5-1-11(2-6-13)9-16(24)25-10-15(23)22-14-7-3-12(4-8-14)17(19,20)21/h1-8H,9-10H2,(H,22,23). The lowest BCUT2D eigenvalue weighted by atomic mass is 10.1. The predicted octanol–water partition coefficient (Wildman–Crippen LogP) is 4.08. The van der Waals surface area contributed by atoms with Gasteiger partial charge in [-0.25, -0.2) is 0 Å². The molecule has 0 saturated carbocycles. The topological polar surface area (TPSA) is 55.4 Å². The third-order valence-electron chi connectivity index (χ3n) is 3.12. The number of halogens is 4. The highest BCUT2D eigenvalue weighted by atomic mass is 35.5. The molecule has 0 unspecified atom stereocenters. The van der Waals surface area contributed by atoms with Crippen LogP contribution < -0.4 is 5.32 Å². The average Bonchev–Trinajstić information content (AvgIpc) is 2.55. The molecule has 2 aromatic carbocycles. The van der Waals surface area contributed by atoms with E-state index < -0.39 is 30.2 Å². The van der Waals surface area contributed by atoms with Crippen molar-refractivity contribution in [2.45, 2.75) is 12.6 Å².